The van der Waals surface area contributed by atoms with Crippen LogP contribution in [-0.4, -0.2) is 22.7 Å². The van der Waals surface area contributed by atoms with E-state index in [0.29, 0.717) is 5.02 Å². The minimum absolute atomic E-state index is 0.230. The van der Waals surface area contributed by atoms with Crippen molar-refractivity contribution < 1.29 is 9.84 Å². The van der Waals surface area contributed by atoms with Crippen molar-refractivity contribution in [1.29, 1.82) is 0 Å². The fraction of sp³-hybridized carbons (Fsp3) is 0.400. The first-order valence-corrected chi connectivity index (χ1v) is 7.88. The summed E-state index contributed by atoms with van der Waals surface area (Å²) in [6.07, 6.45) is 3.02. The molecule has 1 aromatic carbocycles. The van der Waals surface area contributed by atoms with Gasteiger partial charge in [-0.1, -0.05) is 23.7 Å². The van der Waals surface area contributed by atoms with Crippen LogP contribution >= 0.6 is 23.1 Å². The Morgan fingerprint density at radius 2 is 2.10 bits per heavy atom. The molecular formula is C15H16ClNO2S. The Kier molecular flexibility index (Phi) is 4.36. The molecule has 0 spiro atoms. The quantitative estimate of drug-likeness (QED) is 0.934. The summed E-state index contributed by atoms with van der Waals surface area (Å²) in [5, 5.41) is 11.4. The third-order valence-corrected chi connectivity index (χ3v) is 4.84. The number of hydrogen-bond acceptors (Lipinski definition) is 4. The first-order valence-electron chi connectivity index (χ1n) is 6.72. The lowest BCUT2D eigenvalue weighted by Crippen LogP contribution is -2.22. The topological polar surface area (TPSA) is 42.4 Å². The number of hydrogen-bond donors (Lipinski definition) is 1. The fourth-order valence-corrected chi connectivity index (χ4v) is 3.69. The summed E-state index contributed by atoms with van der Waals surface area (Å²) in [5.74, 6) is 0.230. The highest BCUT2D eigenvalue weighted by atomic mass is 35.5. The minimum Gasteiger partial charge on any atom is -0.388 e. The van der Waals surface area contributed by atoms with Crippen molar-refractivity contribution in [1.82, 2.24) is 4.37 Å². The summed E-state index contributed by atoms with van der Waals surface area (Å²) >= 11 is 7.75. The third-order valence-electron chi connectivity index (χ3n) is 3.76. The van der Waals surface area contributed by atoms with Crippen LogP contribution in [-0.2, 0) is 4.74 Å². The molecule has 2 aromatic rings. The first kappa shape index (κ1) is 14.0. The minimum atomic E-state index is -0.505. The number of aliphatic hydroxyl groups is 1. The van der Waals surface area contributed by atoms with Gasteiger partial charge in [-0.25, -0.2) is 4.37 Å². The van der Waals surface area contributed by atoms with Crippen LogP contribution in [0.1, 0.15) is 24.5 Å². The van der Waals surface area contributed by atoms with Gasteiger partial charge in [-0.2, -0.15) is 0 Å². The van der Waals surface area contributed by atoms with Gasteiger partial charge in [0.1, 0.15) is 0 Å². The molecule has 5 heteroatoms. The van der Waals surface area contributed by atoms with Gasteiger partial charge in [0.05, 0.1) is 11.0 Å². The van der Waals surface area contributed by atoms with E-state index in [4.69, 9.17) is 16.3 Å². The Balaban J connectivity index is 1.98. The smallest absolute Gasteiger partial charge is 0.0826 e. The second-order valence-electron chi connectivity index (χ2n) is 4.98. The monoisotopic (exact) mass is 309 g/mol. The van der Waals surface area contributed by atoms with Crippen molar-refractivity contribution in [3.63, 3.8) is 0 Å². The number of halogens is 1. The van der Waals surface area contributed by atoms with Gasteiger partial charge in [-0.15, -0.1) is 0 Å². The van der Waals surface area contributed by atoms with Crippen LogP contribution in [0.4, 0.5) is 0 Å². The highest BCUT2D eigenvalue weighted by Gasteiger charge is 2.26. The van der Waals surface area contributed by atoms with E-state index < -0.39 is 6.10 Å². The van der Waals surface area contributed by atoms with E-state index in [2.05, 4.69) is 4.37 Å². The molecule has 20 heavy (non-hydrogen) atoms. The summed E-state index contributed by atoms with van der Waals surface area (Å²) in [7, 11) is 0. The van der Waals surface area contributed by atoms with Crippen LogP contribution in [0, 0.1) is 5.92 Å². The van der Waals surface area contributed by atoms with Gasteiger partial charge < -0.3 is 9.84 Å². The molecule has 0 amide bonds. The van der Waals surface area contributed by atoms with E-state index in [9.17, 15) is 5.11 Å². The van der Waals surface area contributed by atoms with Crippen molar-refractivity contribution in [2.24, 2.45) is 5.92 Å². The maximum Gasteiger partial charge on any atom is 0.0826 e. The van der Waals surface area contributed by atoms with Gasteiger partial charge in [0.2, 0.25) is 0 Å². The van der Waals surface area contributed by atoms with Crippen molar-refractivity contribution in [3.05, 3.63) is 41.0 Å². The Bertz CT molecular complexity index is 567. The molecule has 1 atom stereocenters. The lowest BCUT2D eigenvalue weighted by molar-refractivity contribution is 0.00740. The van der Waals surface area contributed by atoms with Gasteiger partial charge in [-0.3, -0.25) is 0 Å². The van der Waals surface area contributed by atoms with Crippen LogP contribution in [0.25, 0.3) is 10.4 Å². The zero-order valence-corrected chi connectivity index (χ0v) is 12.5. The summed E-state index contributed by atoms with van der Waals surface area (Å²) in [6, 6.07) is 7.65. The van der Waals surface area contributed by atoms with E-state index in [0.717, 1.165) is 42.1 Å². The number of aliphatic hydroxyl groups excluding tert-OH is 1. The van der Waals surface area contributed by atoms with Crippen molar-refractivity contribution in [2.75, 3.05) is 13.2 Å². The standard InChI is InChI=1S/C15H16ClNO2S/c16-12-3-1-2-11(14(12)13-4-7-17-20-13)15(18)10-5-8-19-9-6-10/h1-4,7,10,15,18H,5-6,8-9H2. The number of nitrogens with zero attached hydrogens (tertiary/aromatic N) is 1. The second kappa shape index (κ2) is 6.22. The van der Waals surface area contributed by atoms with Gasteiger partial charge >= 0.3 is 0 Å². The van der Waals surface area contributed by atoms with E-state index >= 15 is 0 Å². The fourth-order valence-electron chi connectivity index (χ4n) is 2.68. The Hall–Kier alpha value is -0.940. The summed E-state index contributed by atoms with van der Waals surface area (Å²) < 4.78 is 9.50. The largest absolute Gasteiger partial charge is 0.388 e. The lowest BCUT2D eigenvalue weighted by Gasteiger charge is -2.28. The van der Waals surface area contributed by atoms with E-state index in [1.807, 2.05) is 24.3 Å². The Morgan fingerprint density at radius 1 is 1.30 bits per heavy atom. The predicted octanol–water partition coefficient (Wildman–Crippen LogP) is 3.92. The Morgan fingerprint density at radius 3 is 2.80 bits per heavy atom. The van der Waals surface area contributed by atoms with E-state index in [-0.39, 0.29) is 5.92 Å². The predicted molar refractivity (Wildman–Crippen MR) is 81.1 cm³/mol. The summed E-state index contributed by atoms with van der Waals surface area (Å²) in [6.45, 7) is 1.44. The third kappa shape index (κ3) is 2.74. The average molecular weight is 310 g/mol. The molecule has 0 saturated carbocycles. The highest BCUT2D eigenvalue weighted by Crippen LogP contribution is 2.40. The average Bonchev–Trinajstić information content (AvgIpc) is 3.01. The van der Waals surface area contributed by atoms with Gasteiger partial charge in [0, 0.05) is 30.0 Å². The van der Waals surface area contributed by atoms with Crippen molar-refractivity contribution in [2.45, 2.75) is 18.9 Å². The molecule has 1 aromatic heterocycles. The maximum absolute atomic E-state index is 10.7. The van der Waals surface area contributed by atoms with Crippen LogP contribution in [0.2, 0.25) is 5.02 Å². The van der Waals surface area contributed by atoms with Crippen molar-refractivity contribution in [3.8, 4) is 10.4 Å². The normalized spacial score (nSPS) is 18.1. The van der Waals surface area contributed by atoms with Crippen molar-refractivity contribution >= 4 is 23.1 Å². The molecule has 1 unspecified atom stereocenters. The molecule has 1 N–H and O–H groups in total. The SMILES string of the molecule is OC(c1cccc(Cl)c1-c1ccns1)C1CCOCC1. The number of ether oxygens (including phenoxy) is 1. The molecule has 1 fully saturated rings. The van der Waals surface area contributed by atoms with Gasteiger partial charge in [-0.05, 0) is 48.0 Å². The molecule has 0 bridgehead atoms. The van der Waals surface area contributed by atoms with Gasteiger partial charge in [0.25, 0.3) is 0 Å². The molecule has 1 aliphatic heterocycles. The van der Waals surface area contributed by atoms with Crippen LogP contribution in [0.3, 0.4) is 0 Å². The molecule has 2 heterocycles. The number of aromatic nitrogens is 1. The second-order valence-corrected chi connectivity index (χ2v) is 6.22. The molecule has 3 nitrogen and oxygen atoms in total. The van der Waals surface area contributed by atoms with Crippen LogP contribution in [0.5, 0.6) is 0 Å². The highest BCUT2D eigenvalue weighted by molar-refractivity contribution is 7.09. The first-order chi connectivity index (χ1) is 9.77. The molecule has 1 aliphatic rings. The maximum atomic E-state index is 10.7. The number of benzene rings is 1. The van der Waals surface area contributed by atoms with Gasteiger partial charge in [0.15, 0.2) is 0 Å². The van der Waals surface area contributed by atoms with Crippen LogP contribution in [0.15, 0.2) is 30.5 Å². The summed E-state index contributed by atoms with van der Waals surface area (Å²) in [5.41, 5.74) is 1.81. The molecule has 0 radical (unpaired) electrons. The van der Waals surface area contributed by atoms with E-state index in [1.165, 1.54) is 11.5 Å². The van der Waals surface area contributed by atoms with Crippen LogP contribution < -0.4 is 0 Å². The van der Waals surface area contributed by atoms with E-state index in [1.54, 1.807) is 6.20 Å². The molecule has 1 saturated heterocycles. The molecule has 0 aliphatic carbocycles. The lowest BCUT2D eigenvalue weighted by atomic mass is 9.87. The number of rotatable bonds is 3. The summed E-state index contributed by atoms with van der Waals surface area (Å²) in [4.78, 5) is 0.997. The molecular weight excluding hydrogens is 294 g/mol. The zero-order valence-electron chi connectivity index (χ0n) is 11.0. The zero-order chi connectivity index (χ0) is 13.9. The molecule has 3 rings (SSSR count). The Labute approximate surface area is 127 Å². The molecule has 106 valence electrons.